The SMILES string of the molecule is C.Cc1c(COc2cc(OCc3cncc(C#N)c3)c(C=O)cc2Cl)cccc1-c1cccc(OCCCCl)c1Cl.Cc1c(COc2cc(OCc3cncc(C#N)c3)c(C=O)cc2Cl)cccc1-c1cccc(OCCCN2CC[C@@H](O)C2)c1Cl.O[C@@H]1CCNC1. The van der Waals surface area contributed by atoms with Crippen molar-refractivity contribution >= 4 is 70.6 Å². The maximum absolute atomic E-state index is 11.7. The minimum atomic E-state index is -0.226. The van der Waals surface area contributed by atoms with Crippen molar-refractivity contribution in [1.82, 2.24) is 20.2 Å². The molecule has 92 heavy (non-hydrogen) atoms. The molecule has 10 rings (SSSR count). The van der Waals surface area contributed by atoms with Gasteiger partial charge >= 0.3 is 0 Å². The van der Waals surface area contributed by atoms with Crippen LogP contribution in [0.15, 0.2) is 134 Å². The van der Waals surface area contributed by atoms with Gasteiger partial charge in [-0.1, -0.05) is 114 Å². The molecule has 3 N–H and O–H groups in total. The van der Waals surface area contributed by atoms with Crippen LogP contribution in [0.3, 0.4) is 0 Å². The van der Waals surface area contributed by atoms with E-state index in [1.54, 1.807) is 36.7 Å². The molecule has 0 bridgehead atoms. The van der Waals surface area contributed by atoms with E-state index in [9.17, 15) is 14.7 Å². The standard InChI is InChI=1S/C35H33Cl2N3O5.C31H25Cl3N2O4.C4H9NO.CH4/c1-23-26(22-45-34-15-33(27(20-41)14-31(34)36)44-21-25-13-24(16-38)17-39-18-25)5-2-6-29(23)30-7-3-8-32(35(30)37)43-12-4-10-40-11-9-28(42)19-40;1-20-23(5-2-6-25(20)26-7-3-8-28(31(26)34)38-10-4-9-32)19-40-30-13-29(24(17-37)12-27(30)33)39-18-22-11-21(14-35)15-36-16-22;6-4-1-2-5-3-4;/h2-3,5-8,13-15,17-18,20,28,42H,4,9-12,19,21-22H2,1H3;2-3,5-8,11-13,15-17H,4,9-10,18-19H2,1H3;4-6H,1-3H2;1H4/t28-;;4-;/m1.1./s1. The van der Waals surface area contributed by atoms with Crippen molar-refractivity contribution in [2.45, 2.75) is 85.6 Å². The van der Waals surface area contributed by atoms with Gasteiger partial charge in [-0.15, -0.1) is 11.6 Å². The number of likely N-dealkylation sites (tertiary alicyclic amines) is 1. The largest absolute Gasteiger partial charge is 0.492 e. The Hall–Kier alpha value is -7.97. The summed E-state index contributed by atoms with van der Waals surface area (Å²) in [6.07, 6.45) is 10.5. The molecule has 2 aromatic heterocycles. The fraction of sp³-hybridized carbons (Fsp3) is 0.296. The van der Waals surface area contributed by atoms with Crippen LogP contribution in [0.5, 0.6) is 34.5 Å². The normalized spacial score (nSPS) is 14.0. The van der Waals surface area contributed by atoms with Crippen LogP contribution in [0, 0.1) is 36.5 Å². The molecule has 0 aliphatic carbocycles. The first-order chi connectivity index (χ1) is 44.2. The number of carbonyl (C=O) groups is 2. The van der Waals surface area contributed by atoms with Gasteiger partial charge in [-0.05, 0) is 116 Å². The third kappa shape index (κ3) is 20.0. The smallest absolute Gasteiger partial charge is 0.153 e. The predicted molar refractivity (Wildman–Crippen MR) is 360 cm³/mol. The number of aromatic nitrogens is 2. The molecule has 2 fully saturated rings. The summed E-state index contributed by atoms with van der Waals surface area (Å²) in [4.78, 5) is 33.7. The van der Waals surface area contributed by atoms with Crippen molar-refractivity contribution in [1.29, 1.82) is 10.5 Å². The molecule has 0 unspecified atom stereocenters. The van der Waals surface area contributed by atoms with E-state index in [-0.39, 0.29) is 67.2 Å². The van der Waals surface area contributed by atoms with Crippen molar-refractivity contribution in [3.63, 3.8) is 0 Å². The zero-order chi connectivity index (χ0) is 64.7. The second kappa shape index (κ2) is 36.3. The first-order valence-corrected chi connectivity index (χ1v) is 31.4. The van der Waals surface area contributed by atoms with Crippen molar-refractivity contribution in [2.24, 2.45) is 0 Å². The van der Waals surface area contributed by atoms with Crippen molar-refractivity contribution < 1.29 is 48.2 Å². The van der Waals surface area contributed by atoms with E-state index in [1.165, 1.54) is 24.5 Å². The van der Waals surface area contributed by atoms with Crippen LogP contribution in [-0.2, 0) is 26.4 Å². The summed E-state index contributed by atoms with van der Waals surface area (Å²) < 4.78 is 35.8. The van der Waals surface area contributed by atoms with Crippen molar-refractivity contribution in [3.05, 3.63) is 210 Å². The molecule has 0 amide bonds. The topological polar surface area (TPSA) is 219 Å². The molecule has 2 saturated heterocycles. The lowest BCUT2D eigenvalue weighted by molar-refractivity contribution is 0.111. The number of aliphatic hydroxyl groups is 2. The number of nitriles is 2. The van der Waals surface area contributed by atoms with Crippen LogP contribution in [0.4, 0.5) is 0 Å². The molecular weight excluding hydrogens is 1270 g/mol. The number of alkyl halides is 1. The second-order valence-electron chi connectivity index (χ2n) is 21.3. The Bertz CT molecular complexity index is 3880. The molecule has 2 aliphatic heterocycles. The third-order valence-electron chi connectivity index (χ3n) is 14.9. The van der Waals surface area contributed by atoms with Gasteiger partial charge in [0.25, 0.3) is 0 Å². The van der Waals surface area contributed by atoms with E-state index in [0.717, 1.165) is 103 Å². The number of aliphatic hydroxyl groups excluding tert-OH is 2. The zero-order valence-corrected chi connectivity index (χ0v) is 53.9. The molecule has 480 valence electrons. The lowest BCUT2D eigenvalue weighted by atomic mass is 9.96. The van der Waals surface area contributed by atoms with E-state index in [2.05, 4.69) is 20.2 Å². The zero-order valence-electron chi connectivity index (χ0n) is 50.1. The van der Waals surface area contributed by atoms with E-state index in [4.69, 9.17) is 102 Å². The van der Waals surface area contributed by atoms with Gasteiger partial charge in [0.05, 0.1) is 67.8 Å². The number of halogens is 5. The lowest BCUT2D eigenvalue weighted by Gasteiger charge is -2.17. The van der Waals surface area contributed by atoms with E-state index < -0.39 is 0 Å². The number of rotatable bonds is 25. The molecule has 2 aliphatic rings. The van der Waals surface area contributed by atoms with Gasteiger partial charge in [-0.3, -0.25) is 19.6 Å². The Morgan fingerprint density at radius 1 is 0.576 bits per heavy atom. The fourth-order valence-electron chi connectivity index (χ4n) is 9.93. The molecule has 2 atom stereocenters. The number of β-amino-alcohol motifs (C(OH)–C–C–N with tert-alkyl or cyclic N) is 2. The summed E-state index contributed by atoms with van der Waals surface area (Å²) in [6, 6.07) is 36.9. The van der Waals surface area contributed by atoms with Crippen LogP contribution in [0.25, 0.3) is 22.3 Å². The van der Waals surface area contributed by atoms with E-state index >= 15 is 0 Å². The number of benzene rings is 6. The number of nitrogens with zero attached hydrogens (tertiary/aromatic N) is 5. The molecule has 0 spiro atoms. The maximum Gasteiger partial charge on any atom is 0.153 e. The predicted octanol–water partition coefficient (Wildman–Crippen LogP) is 15.2. The first-order valence-electron chi connectivity index (χ1n) is 29.3. The summed E-state index contributed by atoms with van der Waals surface area (Å²) in [6.45, 7) is 9.97. The van der Waals surface area contributed by atoms with Crippen LogP contribution in [0.1, 0.15) is 98.3 Å². The highest BCUT2D eigenvalue weighted by Crippen LogP contribution is 2.41. The molecule has 0 saturated carbocycles. The highest BCUT2D eigenvalue weighted by molar-refractivity contribution is 6.35. The van der Waals surface area contributed by atoms with Gasteiger partial charge in [0.2, 0.25) is 0 Å². The van der Waals surface area contributed by atoms with Crippen LogP contribution in [0.2, 0.25) is 20.1 Å². The Kier molecular flexibility index (Phi) is 28.2. The van der Waals surface area contributed by atoms with Crippen LogP contribution in [-0.4, -0.2) is 102 Å². The molecule has 6 aromatic carbocycles. The minimum Gasteiger partial charge on any atom is -0.492 e. The number of pyridine rings is 2. The highest BCUT2D eigenvalue weighted by Gasteiger charge is 2.21. The van der Waals surface area contributed by atoms with Gasteiger partial charge in [-0.25, -0.2) is 0 Å². The molecule has 21 heteroatoms. The Morgan fingerprint density at radius 3 is 1.46 bits per heavy atom. The number of nitrogens with one attached hydrogen (secondary N) is 1. The molecule has 16 nitrogen and oxygen atoms in total. The highest BCUT2D eigenvalue weighted by atomic mass is 35.5. The van der Waals surface area contributed by atoms with Gasteiger partial charge in [0, 0.05) is 91.2 Å². The molecule has 0 radical (unpaired) electrons. The average molecular weight is 1350 g/mol. The summed E-state index contributed by atoms with van der Waals surface area (Å²) in [5, 5.41) is 41.3. The first kappa shape index (κ1) is 71.5. The van der Waals surface area contributed by atoms with Crippen LogP contribution >= 0.6 is 58.0 Å². The number of hydrogen-bond donors (Lipinski definition) is 3. The Labute approximate surface area is 562 Å². The van der Waals surface area contributed by atoms with Gasteiger partial charge in [0.15, 0.2) is 12.6 Å². The minimum absolute atomic E-state index is 0. The number of aldehydes is 2. The summed E-state index contributed by atoms with van der Waals surface area (Å²) >= 11 is 32.2. The van der Waals surface area contributed by atoms with Gasteiger partial charge < -0.3 is 48.9 Å². The fourth-order valence-corrected chi connectivity index (χ4v) is 11.1. The maximum atomic E-state index is 11.7. The van der Waals surface area contributed by atoms with Gasteiger partial charge in [0.1, 0.15) is 73.1 Å². The molecule has 8 aromatic rings. The third-order valence-corrected chi connectivity index (χ3v) is 16.5. The second-order valence-corrected chi connectivity index (χ2v) is 23.3. The lowest BCUT2D eigenvalue weighted by Crippen LogP contribution is -2.24. The summed E-state index contributed by atoms with van der Waals surface area (Å²) in [7, 11) is 0. The number of carbonyl (C=O) groups excluding carboxylic acids is 2. The molecule has 4 heterocycles. The van der Waals surface area contributed by atoms with Gasteiger partial charge in [-0.2, -0.15) is 10.5 Å². The average Bonchev–Trinajstić information content (AvgIpc) is 0.908. The summed E-state index contributed by atoms with van der Waals surface area (Å²) in [5.41, 5.74) is 10.2. The Balaban J connectivity index is 0.000000238. The molecular formula is C71H71Cl5N6O10. The van der Waals surface area contributed by atoms with Crippen molar-refractivity contribution in [3.8, 4) is 68.9 Å². The monoisotopic (exact) mass is 1340 g/mol. The number of ether oxygens (including phenoxy) is 6. The van der Waals surface area contributed by atoms with E-state index in [0.29, 0.717) is 98.5 Å². The number of hydrogen-bond acceptors (Lipinski definition) is 16. The summed E-state index contributed by atoms with van der Waals surface area (Å²) in [5.74, 6) is 3.09. The van der Waals surface area contributed by atoms with Crippen molar-refractivity contribution in [2.75, 3.05) is 51.8 Å². The van der Waals surface area contributed by atoms with E-state index in [1.807, 2.05) is 98.8 Å². The quantitative estimate of drug-likeness (QED) is 0.0275. The van der Waals surface area contributed by atoms with Crippen LogP contribution < -0.4 is 33.7 Å². The Morgan fingerprint density at radius 2 is 1.04 bits per heavy atom.